The van der Waals surface area contributed by atoms with Crippen molar-refractivity contribution in [3.63, 3.8) is 0 Å². The van der Waals surface area contributed by atoms with E-state index in [1.54, 1.807) is 18.4 Å². The number of thiophene rings is 1. The van der Waals surface area contributed by atoms with Gasteiger partial charge in [-0.15, -0.1) is 11.3 Å². The molecule has 6 nitrogen and oxygen atoms in total. The van der Waals surface area contributed by atoms with Gasteiger partial charge in [0.2, 0.25) is 5.91 Å². The molecule has 7 heteroatoms. The van der Waals surface area contributed by atoms with Crippen LogP contribution in [0.1, 0.15) is 30.1 Å². The molecule has 1 saturated heterocycles. The van der Waals surface area contributed by atoms with Crippen LogP contribution < -0.4 is 5.32 Å². The zero-order valence-electron chi connectivity index (χ0n) is 12.7. The fourth-order valence-corrected chi connectivity index (χ4v) is 3.38. The van der Waals surface area contributed by atoms with Crippen LogP contribution in [0.2, 0.25) is 0 Å². The third-order valence-electron chi connectivity index (χ3n) is 3.64. The molecule has 1 aliphatic rings. The highest BCUT2D eigenvalue weighted by atomic mass is 32.1. The Morgan fingerprint density at radius 2 is 2.36 bits per heavy atom. The van der Waals surface area contributed by atoms with Gasteiger partial charge in [-0.3, -0.25) is 9.69 Å². The Bertz CT molecular complexity index is 517. The molecular formula is C15H22N2O4S. The number of amides is 1. The number of likely N-dealkylation sites (tertiary alicyclic amines) is 1. The third kappa shape index (κ3) is 4.53. The van der Waals surface area contributed by atoms with Gasteiger partial charge in [0.25, 0.3) is 0 Å². The molecule has 2 N–H and O–H groups in total. The van der Waals surface area contributed by atoms with Crippen LogP contribution in [0.4, 0.5) is 5.00 Å². The summed E-state index contributed by atoms with van der Waals surface area (Å²) < 4.78 is 4.97. The smallest absolute Gasteiger partial charge is 0.341 e. The second kappa shape index (κ2) is 8.26. The molecule has 0 aromatic carbocycles. The van der Waals surface area contributed by atoms with E-state index < -0.39 is 5.97 Å². The Hall–Kier alpha value is -1.44. The minimum atomic E-state index is -0.419. The van der Waals surface area contributed by atoms with E-state index in [1.165, 1.54) is 11.3 Å². The Balaban J connectivity index is 1.90. The number of carbonyl (C=O) groups excluding carboxylic acids is 2. The predicted molar refractivity (Wildman–Crippen MR) is 85.2 cm³/mol. The van der Waals surface area contributed by atoms with Crippen molar-refractivity contribution in [2.24, 2.45) is 5.92 Å². The van der Waals surface area contributed by atoms with Crippen molar-refractivity contribution in [1.29, 1.82) is 0 Å². The van der Waals surface area contributed by atoms with Gasteiger partial charge in [-0.2, -0.15) is 0 Å². The standard InChI is InChI=1S/C15H22N2O4S/c1-2-21-15(20)12-5-7-22-14(12)16-13(19)9-17-6-3-4-11(8-17)10-18/h5,7,11,18H,2-4,6,8-10H2,1H3,(H,16,19)/t11-/m0/s1. The van der Waals surface area contributed by atoms with E-state index in [-0.39, 0.29) is 25.0 Å². The number of esters is 1. The molecule has 1 aromatic heterocycles. The summed E-state index contributed by atoms with van der Waals surface area (Å²) >= 11 is 1.31. The van der Waals surface area contributed by atoms with E-state index in [4.69, 9.17) is 4.74 Å². The number of aliphatic hydroxyl groups is 1. The molecule has 0 aliphatic carbocycles. The van der Waals surface area contributed by atoms with Crippen LogP contribution in [-0.4, -0.2) is 54.7 Å². The number of carbonyl (C=O) groups is 2. The van der Waals surface area contributed by atoms with Gasteiger partial charge >= 0.3 is 5.97 Å². The van der Waals surface area contributed by atoms with Gasteiger partial charge in [0.1, 0.15) is 5.00 Å². The summed E-state index contributed by atoms with van der Waals surface area (Å²) in [6.45, 7) is 4.08. The number of nitrogens with one attached hydrogen (secondary N) is 1. The van der Waals surface area contributed by atoms with Crippen molar-refractivity contribution in [3.8, 4) is 0 Å². The quantitative estimate of drug-likeness (QED) is 0.776. The summed E-state index contributed by atoms with van der Waals surface area (Å²) in [6, 6.07) is 1.65. The Morgan fingerprint density at radius 1 is 1.55 bits per heavy atom. The topological polar surface area (TPSA) is 78.9 Å². The van der Waals surface area contributed by atoms with Gasteiger partial charge < -0.3 is 15.2 Å². The van der Waals surface area contributed by atoms with Gasteiger partial charge in [0, 0.05) is 13.2 Å². The van der Waals surface area contributed by atoms with Crippen molar-refractivity contribution in [1.82, 2.24) is 4.90 Å². The second-order valence-corrected chi connectivity index (χ2v) is 6.27. The van der Waals surface area contributed by atoms with Crippen LogP contribution in [0.15, 0.2) is 11.4 Å². The van der Waals surface area contributed by atoms with E-state index in [1.807, 2.05) is 4.90 Å². The van der Waals surface area contributed by atoms with Gasteiger partial charge in [-0.25, -0.2) is 4.79 Å². The number of anilines is 1. The Labute approximate surface area is 134 Å². The number of piperidine rings is 1. The van der Waals surface area contributed by atoms with Gasteiger partial charge in [-0.05, 0) is 43.7 Å². The minimum absolute atomic E-state index is 0.147. The summed E-state index contributed by atoms with van der Waals surface area (Å²) in [5.74, 6) is -0.317. The molecule has 1 atom stereocenters. The highest BCUT2D eigenvalue weighted by Gasteiger charge is 2.22. The fraction of sp³-hybridized carbons (Fsp3) is 0.600. The largest absolute Gasteiger partial charge is 0.462 e. The van der Waals surface area contributed by atoms with E-state index >= 15 is 0 Å². The summed E-state index contributed by atoms with van der Waals surface area (Å²) in [7, 11) is 0. The number of aliphatic hydroxyl groups excluding tert-OH is 1. The Kier molecular flexibility index (Phi) is 6.35. The normalized spacial score (nSPS) is 18.9. The maximum atomic E-state index is 12.1. The fourth-order valence-electron chi connectivity index (χ4n) is 2.59. The van der Waals surface area contributed by atoms with Crippen molar-refractivity contribution >= 4 is 28.2 Å². The number of ether oxygens (including phenoxy) is 1. The van der Waals surface area contributed by atoms with Gasteiger partial charge in [-0.1, -0.05) is 0 Å². The molecule has 0 spiro atoms. The SMILES string of the molecule is CCOC(=O)c1ccsc1NC(=O)CN1CCC[C@H](CO)C1. The molecule has 22 heavy (non-hydrogen) atoms. The van der Waals surface area contributed by atoms with E-state index in [2.05, 4.69) is 5.32 Å². The first-order valence-electron chi connectivity index (χ1n) is 7.51. The average molecular weight is 326 g/mol. The monoisotopic (exact) mass is 326 g/mol. The minimum Gasteiger partial charge on any atom is -0.462 e. The zero-order valence-corrected chi connectivity index (χ0v) is 13.5. The molecule has 122 valence electrons. The number of hydrogen-bond acceptors (Lipinski definition) is 6. The molecule has 0 radical (unpaired) electrons. The molecule has 1 amide bonds. The zero-order chi connectivity index (χ0) is 15.9. The third-order valence-corrected chi connectivity index (χ3v) is 4.47. The van der Waals surface area contributed by atoms with Crippen molar-refractivity contribution in [2.45, 2.75) is 19.8 Å². The van der Waals surface area contributed by atoms with E-state index in [9.17, 15) is 14.7 Å². The molecule has 1 aromatic rings. The van der Waals surface area contributed by atoms with Gasteiger partial charge in [0.05, 0.1) is 18.7 Å². The number of rotatable bonds is 6. The van der Waals surface area contributed by atoms with Crippen molar-refractivity contribution in [3.05, 3.63) is 17.0 Å². The highest BCUT2D eigenvalue weighted by Crippen LogP contribution is 2.24. The van der Waals surface area contributed by atoms with E-state index in [0.717, 1.165) is 25.9 Å². The first kappa shape index (κ1) is 16.9. The molecule has 2 heterocycles. The maximum absolute atomic E-state index is 12.1. The molecule has 2 rings (SSSR count). The van der Waals surface area contributed by atoms with Crippen LogP contribution in [0.3, 0.4) is 0 Å². The lowest BCUT2D eigenvalue weighted by Gasteiger charge is -2.31. The van der Waals surface area contributed by atoms with Crippen LogP contribution in [-0.2, 0) is 9.53 Å². The lowest BCUT2D eigenvalue weighted by atomic mass is 9.99. The molecule has 0 saturated carbocycles. The average Bonchev–Trinajstić information content (AvgIpc) is 2.95. The molecule has 1 aliphatic heterocycles. The first-order chi connectivity index (χ1) is 10.6. The summed E-state index contributed by atoms with van der Waals surface area (Å²) in [4.78, 5) is 26.0. The van der Waals surface area contributed by atoms with Crippen LogP contribution in [0.5, 0.6) is 0 Å². The van der Waals surface area contributed by atoms with Crippen LogP contribution in [0, 0.1) is 5.92 Å². The van der Waals surface area contributed by atoms with Crippen molar-refractivity contribution in [2.75, 3.05) is 38.2 Å². The Morgan fingerprint density at radius 3 is 3.09 bits per heavy atom. The molecular weight excluding hydrogens is 304 g/mol. The summed E-state index contributed by atoms with van der Waals surface area (Å²) in [5.41, 5.74) is 0.395. The lowest BCUT2D eigenvalue weighted by Crippen LogP contribution is -2.41. The number of hydrogen-bond donors (Lipinski definition) is 2. The maximum Gasteiger partial charge on any atom is 0.341 e. The predicted octanol–water partition coefficient (Wildman–Crippen LogP) is 1.57. The van der Waals surface area contributed by atoms with Crippen molar-refractivity contribution < 1.29 is 19.4 Å². The molecule has 0 bridgehead atoms. The number of nitrogens with zero attached hydrogens (tertiary/aromatic N) is 1. The van der Waals surface area contributed by atoms with Crippen LogP contribution >= 0.6 is 11.3 Å². The second-order valence-electron chi connectivity index (χ2n) is 5.36. The highest BCUT2D eigenvalue weighted by molar-refractivity contribution is 7.14. The van der Waals surface area contributed by atoms with E-state index in [0.29, 0.717) is 17.2 Å². The summed E-state index contributed by atoms with van der Waals surface area (Å²) in [6.07, 6.45) is 2.00. The van der Waals surface area contributed by atoms with Gasteiger partial charge in [0.15, 0.2) is 0 Å². The van der Waals surface area contributed by atoms with Crippen LogP contribution in [0.25, 0.3) is 0 Å². The first-order valence-corrected chi connectivity index (χ1v) is 8.39. The molecule has 0 unspecified atom stereocenters. The summed E-state index contributed by atoms with van der Waals surface area (Å²) in [5, 5.41) is 14.3. The lowest BCUT2D eigenvalue weighted by molar-refractivity contribution is -0.117. The molecule has 1 fully saturated rings.